The average Bonchev–Trinajstić information content (AvgIpc) is 2.34. The van der Waals surface area contributed by atoms with Crippen molar-refractivity contribution in [1.82, 2.24) is 0 Å². The molecule has 0 radical (unpaired) electrons. The van der Waals surface area contributed by atoms with E-state index in [1.165, 1.54) is 0 Å². The van der Waals surface area contributed by atoms with Crippen LogP contribution < -0.4 is 0 Å². The predicted molar refractivity (Wildman–Crippen MR) is 55.2 cm³/mol. The molecular weight excluding hydrogens is 327 g/mol. The summed E-state index contributed by atoms with van der Waals surface area (Å²) in [7, 11) is 0. The lowest BCUT2D eigenvalue weighted by Crippen LogP contribution is -1.98. The Morgan fingerprint density at radius 3 is 2.90 bits per heavy atom. The van der Waals surface area contributed by atoms with Crippen molar-refractivity contribution < 1.29 is 4.79 Å². The molecular formula is C6H4BrIOS. The van der Waals surface area contributed by atoms with E-state index in [-0.39, 0.29) is 5.78 Å². The fraction of sp³-hybridized carbons (Fsp3) is 0.167. The highest BCUT2D eigenvalue weighted by Crippen LogP contribution is 2.19. The summed E-state index contributed by atoms with van der Waals surface area (Å²) in [6.45, 7) is 0. The van der Waals surface area contributed by atoms with Gasteiger partial charge in [0.1, 0.15) is 0 Å². The Kier molecular flexibility index (Phi) is 3.32. The smallest absolute Gasteiger partial charge is 0.175 e. The average molecular weight is 331 g/mol. The van der Waals surface area contributed by atoms with Gasteiger partial charge >= 0.3 is 0 Å². The second-order valence-corrected chi connectivity index (χ2v) is 4.95. The van der Waals surface area contributed by atoms with E-state index in [4.69, 9.17) is 0 Å². The third kappa shape index (κ3) is 1.79. The Bertz CT molecular complexity index is 246. The molecule has 0 atom stereocenters. The van der Waals surface area contributed by atoms with Crippen LogP contribution in [-0.4, -0.2) is 11.1 Å². The van der Waals surface area contributed by atoms with Crippen LogP contribution in [0.15, 0.2) is 11.4 Å². The van der Waals surface area contributed by atoms with E-state index in [1.807, 2.05) is 11.4 Å². The minimum atomic E-state index is 0.158. The van der Waals surface area contributed by atoms with Crippen LogP contribution >= 0.6 is 49.9 Å². The Balaban J connectivity index is 2.93. The number of ketones is 1. The lowest BCUT2D eigenvalue weighted by molar-refractivity contribution is 0.102. The van der Waals surface area contributed by atoms with Crippen LogP contribution in [0.4, 0.5) is 0 Å². The van der Waals surface area contributed by atoms with Gasteiger partial charge in [-0.2, -0.15) is 0 Å². The summed E-state index contributed by atoms with van der Waals surface area (Å²) in [4.78, 5) is 11.1. The molecule has 1 heterocycles. The summed E-state index contributed by atoms with van der Waals surface area (Å²) < 4.78 is 1.07. The number of hydrogen-bond donors (Lipinski definition) is 0. The Labute approximate surface area is 85.1 Å². The first-order valence-corrected chi connectivity index (χ1v) is 5.66. The van der Waals surface area contributed by atoms with Crippen molar-refractivity contribution in [3.63, 3.8) is 0 Å². The van der Waals surface area contributed by atoms with Gasteiger partial charge in [-0.1, -0.05) is 15.9 Å². The summed E-state index contributed by atoms with van der Waals surface area (Å²) in [6, 6.07) is 1.86. The zero-order chi connectivity index (χ0) is 7.56. The number of alkyl halides is 1. The molecule has 1 aromatic rings. The predicted octanol–water partition coefficient (Wildman–Crippen LogP) is 2.93. The second kappa shape index (κ2) is 3.82. The maximum Gasteiger partial charge on any atom is 0.175 e. The number of hydrogen-bond acceptors (Lipinski definition) is 2. The minimum Gasteiger partial charge on any atom is -0.293 e. The van der Waals surface area contributed by atoms with E-state index in [0.29, 0.717) is 5.33 Å². The molecule has 0 aliphatic rings. The molecule has 0 aliphatic carbocycles. The Hall–Kier alpha value is 0.580. The molecule has 1 rings (SSSR count). The molecule has 1 nitrogen and oxygen atoms in total. The number of halogens is 2. The van der Waals surface area contributed by atoms with E-state index in [9.17, 15) is 4.79 Å². The standard InChI is InChI=1S/C6H4BrIOS/c7-3-5(9)4-1-2-10-6(4)8/h1-2H,3H2. The molecule has 0 unspecified atom stereocenters. The summed E-state index contributed by atoms with van der Waals surface area (Å²) in [6.07, 6.45) is 0. The first kappa shape index (κ1) is 8.67. The first-order chi connectivity index (χ1) is 4.75. The fourth-order valence-electron chi connectivity index (χ4n) is 0.565. The Morgan fingerprint density at radius 1 is 1.80 bits per heavy atom. The van der Waals surface area contributed by atoms with Gasteiger partial charge in [-0.05, 0) is 34.0 Å². The van der Waals surface area contributed by atoms with Gasteiger partial charge in [0.2, 0.25) is 0 Å². The van der Waals surface area contributed by atoms with Crippen molar-refractivity contribution in [3.05, 3.63) is 19.9 Å². The van der Waals surface area contributed by atoms with Gasteiger partial charge in [0.25, 0.3) is 0 Å². The fourth-order valence-corrected chi connectivity index (χ4v) is 2.42. The largest absolute Gasteiger partial charge is 0.293 e. The highest BCUT2D eigenvalue weighted by Gasteiger charge is 2.07. The topological polar surface area (TPSA) is 17.1 Å². The number of Topliss-reactive ketones (excluding diaryl/α,β-unsaturated/α-hetero) is 1. The van der Waals surface area contributed by atoms with Gasteiger partial charge in [-0.15, -0.1) is 11.3 Å². The van der Waals surface area contributed by atoms with Crippen LogP contribution in [-0.2, 0) is 0 Å². The molecule has 10 heavy (non-hydrogen) atoms. The molecule has 0 saturated carbocycles. The molecule has 0 N–H and O–H groups in total. The van der Waals surface area contributed by atoms with Crippen LogP contribution in [0.1, 0.15) is 10.4 Å². The monoisotopic (exact) mass is 330 g/mol. The van der Waals surface area contributed by atoms with E-state index < -0.39 is 0 Å². The SMILES string of the molecule is O=C(CBr)c1ccsc1I. The van der Waals surface area contributed by atoms with Crippen molar-refractivity contribution in [2.75, 3.05) is 5.33 Å². The molecule has 54 valence electrons. The molecule has 0 amide bonds. The van der Waals surface area contributed by atoms with Crippen LogP contribution in [0, 0.1) is 2.88 Å². The molecule has 0 saturated heterocycles. The third-order valence-corrected chi connectivity index (χ3v) is 3.59. The number of carbonyl (C=O) groups excluding carboxylic acids is 1. The van der Waals surface area contributed by atoms with Crippen LogP contribution in [0.2, 0.25) is 0 Å². The maximum absolute atomic E-state index is 11.1. The molecule has 4 heteroatoms. The molecule has 0 bridgehead atoms. The number of rotatable bonds is 2. The van der Waals surface area contributed by atoms with Crippen molar-refractivity contribution in [2.24, 2.45) is 0 Å². The van der Waals surface area contributed by atoms with Gasteiger partial charge in [0, 0.05) is 5.56 Å². The van der Waals surface area contributed by atoms with Gasteiger partial charge in [-0.25, -0.2) is 0 Å². The highest BCUT2D eigenvalue weighted by atomic mass is 127. The van der Waals surface area contributed by atoms with Crippen LogP contribution in [0.25, 0.3) is 0 Å². The Morgan fingerprint density at radius 2 is 2.50 bits per heavy atom. The lowest BCUT2D eigenvalue weighted by atomic mass is 10.2. The summed E-state index contributed by atoms with van der Waals surface area (Å²) in [5.41, 5.74) is 0.836. The lowest BCUT2D eigenvalue weighted by Gasteiger charge is -1.90. The molecule has 0 aromatic carbocycles. The number of carbonyl (C=O) groups is 1. The summed E-state index contributed by atoms with van der Waals surface area (Å²) >= 11 is 6.89. The number of thiophene rings is 1. The second-order valence-electron chi connectivity index (χ2n) is 1.66. The van der Waals surface area contributed by atoms with Crippen molar-refractivity contribution >= 4 is 55.6 Å². The van der Waals surface area contributed by atoms with E-state index >= 15 is 0 Å². The van der Waals surface area contributed by atoms with Gasteiger partial charge < -0.3 is 0 Å². The molecule has 0 aliphatic heterocycles. The maximum atomic E-state index is 11.1. The van der Waals surface area contributed by atoms with Gasteiger partial charge in [-0.3, -0.25) is 4.79 Å². The van der Waals surface area contributed by atoms with Gasteiger partial charge in [0.15, 0.2) is 5.78 Å². The van der Waals surface area contributed by atoms with Crippen molar-refractivity contribution in [3.8, 4) is 0 Å². The van der Waals surface area contributed by atoms with Gasteiger partial charge in [0.05, 0.1) is 8.21 Å². The van der Waals surface area contributed by atoms with E-state index in [0.717, 1.165) is 8.45 Å². The molecule has 0 fully saturated rings. The van der Waals surface area contributed by atoms with E-state index in [1.54, 1.807) is 11.3 Å². The zero-order valence-electron chi connectivity index (χ0n) is 4.93. The molecule has 1 aromatic heterocycles. The molecule has 0 spiro atoms. The van der Waals surface area contributed by atoms with E-state index in [2.05, 4.69) is 38.5 Å². The quantitative estimate of drug-likeness (QED) is 0.463. The minimum absolute atomic E-state index is 0.158. The highest BCUT2D eigenvalue weighted by molar-refractivity contribution is 14.1. The van der Waals surface area contributed by atoms with Crippen LogP contribution in [0.3, 0.4) is 0 Å². The summed E-state index contributed by atoms with van der Waals surface area (Å²) in [5, 5.41) is 2.34. The first-order valence-electron chi connectivity index (χ1n) is 2.58. The summed E-state index contributed by atoms with van der Waals surface area (Å²) in [5.74, 6) is 0.158. The third-order valence-electron chi connectivity index (χ3n) is 1.04. The van der Waals surface area contributed by atoms with Crippen LogP contribution in [0.5, 0.6) is 0 Å². The van der Waals surface area contributed by atoms with Crippen molar-refractivity contribution in [1.29, 1.82) is 0 Å². The normalized spacial score (nSPS) is 9.80. The van der Waals surface area contributed by atoms with Crippen molar-refractivity contribution in [2.45, 2.75) is 0 Å². The zero-order valence-corrected chi connectivity index (χ0v) is 9.49.